The summed E-state index contributed by atoms with van der Waals surface area (Å²) in [5.41, 5.74) is 0. The van der Waals surface area contributed by atoms with E-state index in [2.05, 4.69) is 26.1 Å². The molecule has 0 amide bonds. The number of hydrogen-bond acceptors (Lipinski definition) is 2. The van der Waals surface area contributed by atoms with Crippen molar-refractivity contribution in [3.8, 4) is 0 Å². The molecule has 0 saturated heterocycles. The third-order valence-corrected chi connectivity index (χ3v) is 3.93. The van der Waals surface area contributed by atoms with E-state index in [-0.39, 0.29) is 0 Å². The monoisotopic (exact) mass is 227 g/mol. The van der Waals surface area contributed by atoms with Crippen molar-refractivity contribution in [2.24, 2.45) is 11.8 Å². The van der Waals surface area contributed by atoms with Crippen molar-refractivity contribution in [2.75, 3.05) is 13.7 Å². The van der Waals surface area contributed by atoms with Crippen LogP contribution >= 0.6 is 0 Å². The molecular weight excluding hydrogens is 198 g/mol. The lowest BCUT2D eigenvalue weighted by Crippen LogP contribution is -2.41. The van der Waals surface area contributed by atoms with Gasteiger partial charge >= 0.3 is 0 Å². The molecule has 2 nitrogen and oxygen atoms in total. The van der Waals surface area contributed by atoms with Gasteiger partial charge in [0.05, 0.1) is 0 Å². The molecule has 1 aliphatic rings. The predicted molar refractivity (Wildman–Crippen MR) is 69.7 cm³/mol. The van der Waals surface area contributed by atoms with Crippen molar-refractivity contribution < 1.29 is 4.74 Å². The molecule has 0 aromatic heterocycles. The summed E-state index contributed by atoms with van der Waals surface area (Å²) < 4.78 is 5.12. The van der Waals surface area contributed by atoms with Crippen molar-refractivity contribution in [3.05, 3.63) is 0 Å². The summed E-state index contributed by atoms with van der Waals surface area (Å²) in [6.45, 7) is 7.87. The fraction of sp³-hybridized carbons (Fsp3) is 1.00. The molecule has 16 heavy (non-hydrogen) atoms. The minimum atomic E-state index is 0.593. The zero-order valence-electron chi connectivity index (χ0n) is 11.5. The maximum Gasteiger partial charge on any atom is 0.0476 e. The van der Waals surface area contributed by atoms with E-state index in [0.29, 0.717) is 6.04 Å². The van der Waals surface area contributed by atoms with Crippen LogP contribution in [0.1, 0.15) is 52.9 Å². The first-order chi connectivity index (χ1) is 7.63. The quantitative estimate of drug-likeness (QED) is 0.752. The van der Waals surface area contributed by atoms with E-state index < -0.39 is 0 Å². The second-order valence-corrected chi connectivity index (χ2v) is 5.72. The molecule has 1 saturated carbocycles. The van der Waals surface area contributed by atoms with Crippen LogP contribution in [0.15, 0.2) is 0 Å². The van der Waals surface area contributed by atoms with Crippen molar-refractivity contribution in [2.45, 2.75) is 65.0 Å². The van der Waals surface area contributed by atoms with E-state index in [1.54, 1.807) is 7.11 Å². The normalized spacial score (nSPS) is 28.3. The predicted octanol–water partition coefficient (Wildman–Crippen LogP) is 3.22. The molecule has 0 radical (unpaired) electrons. The minimum absolute atomic E-state index is 0.593. The highest BCUT2D eigenvalue weighted by molar-refractivity contribution is 4.81. The molecule has 0 aromatic rings. The van der Waals surface area contributed by atoms with Gasteiger partial charge in [-0.05, 0) is 38.0 Å². The molecule has 0 heterocycles. The van der Waals surface area contributed by atoms with Gasteiger partial charge in [0.15, 0.2) is 0 Å². The van der Waals surface area contributed by atoms with E-state index in [0.717, 1.165) is 30.9 Å². The molecule has 0 aromatic carbocycles. The Balaban J connectivity index is 2.25. The minimum Gasteiger partial charge on any atom is -0.385 e. The van der Waals surface area contributed by atoms with Gasteiger partial charge in [-0.3, -0.25) is 0 Å². The zero-order valence-corrected chi connectivity index (χ0v) is 11.5. The van der Waals surface area contributed by atoms with E-state index in [1.165, 1.54) is 25.7 Å². The number of methoxy groups -OCH3 is 1. The summed E-state index contributed by atoms with van der Waals surface area (Å²) in [6, 6.07) is 1.34. The van der Waals surface area contributed by atoms with Gasteiger partial charge in [0.2, 0.25) is 0 Å². The number of nitrogens with one attached hydrogen (secondary N) is 1. The summed E-state index contributed by atoms with van der Waals surface area (Å²) in [5, 5.41) is 3.76. The zero-order chi connectivity index (χ0) is 12.0. The second-order valence-electron chi connectivity index (χ2n) is 5.72. The number of ether oxygens (including phenoxy) is 1. The Hall–Kier alpha value is -0.0800. The Labute approximate surface area is 101 Å². The average Bonchev–Trinajstić information content (AvgIpc) is 2.26. The van der Waals surface area contributed by atoms with Crippen LogP contribution in [0, 0.1) is 11.8 Å². The van der Waals surface area contributed by atoms with Gasteiger partial charge in [-0.25, -0.2) is 0 Å². The summed E-state index contributed by atoms with van der Waals surface area (Å²) in [7, 11) is 1.78. The van der Waals surface area contributed by atoms with Crippen LogP contribution in [-0.2, 0) is 4.74 Å². The molecule has 1 aliphatic carbocycles. The molecule has 0 spiro atoms. The molecule has 3 unspecified atom stereocenters. The van der Waals surface area contributed by atoms with E-state index in [9.17, 15) is 0 Å². The first kappa shape index (κ1) is 14.0. The molecule has 1 fully saturated rings. The Morgan fingerprint density at radius 1 is 1.25 bits per heavy atom. The fourth-order valence-electron chi connectivity index (χ4n) is 2.76. The summed E-state index contributed by atoms with van der Waals surface area (Å²) in [6.07, 6.45) is 6.69. The smallest absolute Gasteiger partial charge is 0.0476 e. The van der Waals surface area contributed by atoms with Crippen molar-refractivity contribution >= 4 is 0 Å². The number of hydrogen-bond donors (Lipinski definition) is 1. The molecule has 1 rings (SSSR count). The number of rotatable bonds is 6. The lowest BCUT2D eigenvalue weighted by Gasteiger charge is -2.34. The summed E-state index contributed by atoms with van der Waals surface area (Å²) in [5.74, 6) is 1.78. The van der Waals surface area contributed by atoms with Crippen LogP contribution < -0.4 is 5.32 Å². The molecule has 1 N–H and O–H groups in total. The standard InChI is InChI=1S/C14H29NO/c1-11(2)13-6-5-7-14(10-13)15-12(3)8-9-16-4/h11-15H,5-10H2,1-4H3. The molecule has 96 valence electrons. The van der Waals surface area contributed by atoms with Gasteiger partial charge < -0.3 is 10.1 Å². The molecule has 2 heteroatoms. The van der Waals surface area contributed by atoms with Gasteiger partial charge in [0.25, 0.3) is 0 Å². The van der Waals surface area contributed by atoms with Gasteiger partial charge in [0, 0.05) is 25.8 Å². The van der Waals surface area contributed by atoms with Gasteiger partial charge in [-0.1, -0.05) is 26.7 Å². The van der Waals surface area contributed by atoms with E-state index in [4.69, 9.17) is 4.74 Å². The third kappa shape index (κ3) is 4.84. The Morgan fingerprint density at radius 3 is 2.62 bits per heavy atom. The maximum absolute atomic E-state index is 5.12. The van der Waals surface area contributed by atoms with Gasteiger partial charge in [-0.2, -0.15) is 0 Å². The Kier molecular flexibility index (Phi) is 6.37. The second kappa shape index (κ2) is 7.29. The topological polar surface area (TPSA) is 21.3 Å². The Morgan fingerprint density at radius 2 is 2.00 bits per heavy atom. The van der Waals surface area contributed by atoms with E-state index >= 15 is 0 Å². The third-order valence-electron chi connectivity index (χ3n) is 3.93. The molecule has 0 aliphatic heterocycles. The summed E-state index contributed by atoms with van der Waals surface area (Å²) >= 11 is 0. The highest BCUT2D eigenvalue weighted by atomic mass is 16.5. The van der Waals surface area contributed by atoms with Crippen LogP contribution in [0.25, 0.3) is 0 Å². The molecule has 3 atom stereocenters. The summed E-state index contributed by atoms with van der Waals surface area (Å²) in [4.78, 5) is 0. The highest BCUT2D eigenvalue weighted by Gasteiger charge is 2.24. The van der Waals surface area contributed by atoms with Crippen molar-refractivity contribution in [1.82, 2.24) is 5.32 Å². The van der Waals surface area contributed by atoms with Crippen LogP contribution in [0.5, 0.6) is 0 Å². The first-order valence-corrected chi connectivity index (χ1v) is 6.88. The highest BCUT2D eigenvalue weighted by Crippen LogP contribution is 2.30. The fourth-order valence-corrected chi connectivity index (χ4v) is 2.76. The molecular formula is C14H29NO. The van der Waals surface area contributed by atoms with Crippen LogP contribution in [0.2, 0.25) is 0 Å². The van der Waals surface area contributed by atoms with Crippen LogP contribution in [0.4, 0.5) is 0 Å². The van der Waals surface area contributed by atoms with Crippen LogP contribution in [0.3, 0.4) is 0 Å². The largest absolute Gasteiger partial charge is 0.385 e. The van der Waals surface area contributed by atoms with Gasteiger partial charge in [-0.15, -0.1) is 0 Å². The van der Waals surface area contributed by atoms with Crippen molar-refractivity contribution in [3.63, 3.8) is 0 Å². The maximum atomic E-state index is 5.12. The first-order valence-electron chi connectivity index (χ1n) is 6.88. The van der Waals surface area contributed by atoms with E-state index in [1.807, 2.05) is 0 Å². The van der Waals surface area contributed by atoms with Crippen molar-refractivity contribution in [1.29, 1.82) is 0 Å². The SMILES string of the molecule is COCCC(C)NC1CCCC(C(C)C)C1. The van der Waals surface area contributed by atoms with Gasteiger partial charge in [0.1, 0.15) is 0 Å². The average molecular weight is 227 g/mol. The Bertz CT molecular complexity index is 182. The lowest BCUT2D eigenvalue weighted by molar-refractivity contribution is 0.173. The lowest BCUT2D eigenvalue weighted by atomic mass is 9.79. The molecule has 0 bridgehead atoms. The van der Waals surface area contributed by atoms with Crippen LogP contribution in [-0.4, -0.2) is 25.8 Å².